The molecular formula is C19H28N4O5. The Kier molecular flexibility index (Phi) is 5.54. The van der Waals surface area contributed by atoms with E-state index in [1.54, 1.807) is 6.20 Å². The second kappa shape index (κ2) is 8.08. The number of hydrogen-bond acceptors (Lipinski definition) is 5. The summed E-state index contributed by atoms with van der Waals surface area (Å²) in [7, 11) is 0. The van der Waals surface area contributed by atoms with Crippen molar-refractivity contribution >= 4 is 6.03 Å². The number of rotatable bonds is 5. The van der Waals surface area contributed by atoms with Crippen LogP contribution in [-0.4, -0.2) is 40.6 Å². The number of carbonyl (C=O) groups is 1. The Hall–Kier alpha value is -2.13. The minimum Gasteiger partial charge on any atom is -0.347 e. The highest BCUT2D eigenvalue weighted by Gasteiger charge is 2.41. The van der Waals surface area contributed by atoms with Gasteiger partial charge >= 0.3 is 11.7 Å². The number of nitrogens with zero attached hydrogens (tertiary/aromatic N) is 1. The first-order chi connectivity index (χ1) is 13.5. The van der Waals surface area contributed by atoms with Crippen LogP contribution in [0.5, 0.6) is 0 Å². The molecule has 2 amide bonds. The van der Waals surface area contributed by atoms with Crippen molar-refractivity contribution in [1.82, 2.24) is 20.2 Å². The van der Waals surface area contributed by atoms with Gasteiger partial charge in [0, 0.05) is 31.6 Å². The molecule has 1 aromatic rings. The summed E-state index contributed by atoms with van der Waals surface area (Å²) in [6, 6.07) is -0.221. The van der Waals surface area contributed by atoms with E-state index in [2.05, 4.69) is 15.6 Å². The highest BCUT2D eigenvalue weighted by Crippen LogP contribution is 2.36. The number of nitrogens with one attached hydrogen (secondary N) is 3. The van der Waals surface area contributed by atoms with Crippen LogP contribution in [0.2, 0.25) is 0 Å². The average molecular weight is 392 g/mol. The Morgan fingerprint density at radius 3 is 2.64 bits per heavy atom. The molecule has 1 aromatic heterocycles. The molecule has 1 saturated heterocycles. The minimum absolute atomic E-state index is 0.0557. The van der Waals surface area contributed by atoms with Crippen LogP contribution in [0.4, 0.5) is 4.79 Å². The highest BCUT2D eigenvalue weighted by atomic mass is 16.7. The van der Waals surface area contributed by atoms with E-state index in [4.69, 9.17) is 9.47 Å². The van der Waals surface area contributed by atoms with Crippen LogP contribution in [-0.2, 0) is 16.0 Å². The Labute approximate surface area is 162 Å². The van der Waals surface area contributed by atoms with Crippen LogP contribution in [0.25, 0.3) is 0 Å². The van der Waals surface area contributed by atoms with E-state index < -0.39 is 17.0 Å². The van der Waals surface area contributed by atoms with E-state index in [-0.39, 0.29) is 24.7 Å². The number of ether oxygens (including phenoxy) is 2. The van der Waals surface area contributed by atoms with Gasteiger partial charge in [-0.3, -0.25) is 14.3 Å². The van der Waals surface area contributed by atoms with Crippen LogP contribution in [0, 0.1) is 0 Å². The summed E-state index contributed by atoms with van der Waals surface area (Å²) in [6.45, 7) is 0.887. The Bertz CT molecular complexity index is 820. The molecule has 9 heteroatoms. The first kappa shape index (κ1) is 19.2. The molecule has 1 spiro atoms. The zero-order valence-corrected chi connectivity index (χ0v) is 16.0. The van der Waals surface area contributed by atoms with Crippen molar-refractivity contribution < 1.29 is 14.3 Å². The largest absolute Gasteiger partial charge is 0.347 e. The zero-order valence-electron chi connectivity index (χ0n) is 16.0. The number of H-pyrrole nitrogens is 1. The fourth-order valence-electron chi connectivity index (χ4n) is 3.97. The second-order valence-electron chi connectivity index (χ2n) is 7.99. The Balaban J connectivity index is 1.25. The topological polar surface area (TPSA) is 114 Å². The van der Waals surface area contributed by atoms with Gasteiger partial charge in [-0.25, -0.2) is 9.59 Å². The van der Waals surface area contributed by atoms with Crippen molar-refractivity contribution in [3.63, 3.8) is 0 Å². The van der Waals surface area contributed by atoms with Crippen molar-refractivity contribution in [2.75, 3.05) is 13.2 Å². The molecule has 28 heavy (non-hydrogen) atoms. The lowest BCUT2D eigenvalue weighted by Crippen LogP contribution is -2.42. The van der Waals surface area contributed by atoms with E-state index >= 15 is 0 Å². The fraction of sp³-hybridized carbons (Fsp3) is 0.737. The van der Waals surface area contributed by atoms with E-state index in [0.29, 0.717) is 18.7 Å². The van der Waals surface area contributed by atoms with Gasteiger partial charge < -0.3 is 20.1 Å². The third-order valence-corrected chi connectivity index (χ3v) is 5.69. The van der Waals surface area contributed by atoms with Crippen LogP contribution < -0.4 is 21.9 Å². The molecule has 3 aliphatic rings. The quantitative estimate of drug-likeness (QED) is 0.695. The summed E-state index contributed by atoms with van der Waals surface area (Å²) in [5.41, 5.74) is -0.504. The lowest BCUT2D eigenvalue weighted by atomic mass is 10.1. The molecular weight excluding hydrogens is 364 g/mol. The van der Waals surface area contributed by atoms with Gasteiger partial charge in [-0.2, -0.15) is 0 Å². The summed E-state index contributed by atoms with van der Waals surface area (Å²) in [4.78, 5) is 38.1. The number of aromatic amines is 1. The maximum atomic E-state index is 12.1. The van der Waals surface area contributed by atoms with Gasteiger partial charge in [0.15, 0.2) is 5.79 Å². The third-order valence-electron chi connectivity index (χ3n) is 5.69. The van der Waals surface area contributed by atoms with Gasteiger partial charge in [0.05, 0.1) is 18.7 Å². The second-order valence-corrected chi connectivity index (χ2v) is 7.99. The number of hydrogen-bond donors (Lipinski definition) is 3. The predicted molar refractivity (Wildman–Crippen MR) is 101 cm³/mol. The monoisotopic (exact) mass is 392 g/mol. The molecule has 1 aliphatic heterocycles. The first-order valence-corrected chi connectivity index (χ1v) is 10.2. The molecule has 9 nitrogen and oxygen atoms in total. The van der Waals surface area contributed by atoms with Crippen molar-refractivity contribution in [3.05, 3.63) is 32.6 Å². The average Bonchev–Trinajstić information content (AvgIpc) is 3.46. The lowest BCUT2D eigenvalue weighted by Gasteiger charge is -2.26. The Morgan fingerprint density at radius 1 is 1.18 bits per heavy atom. The van der Waals surface area contributed by atoms with Crippen LogP contribution in [0.15, 0.2) is 15.8 Å². The summed E-state index contributed by atoms with van der Waals surface area (Å²) >= 11 is 0. The maximum Gasteiger partial charge on any atom is 0.328 e. The molecule has 2 saturated carbocycles. The Morgan fingerprint density at radius 2 is 1.93 bits per heavy atom. The molecule has 3 fully saturated rings. The van der Waals surface area contributed by atoms with E-state index in [0.717, 1.165) is 38.5 Å². The molecule has 1 unspecified atom stereocenters. The lowest BCUT2D eigenvalue weighted by molar-refractivity contribution is -0.175. The molecule has 0 radical (unpaired) electrons. The molecule has 0 bridgehead atoms. The standard InChI is InChI=1S/C19H28N4O5/c24-16-13(11-23(14-5-6-14)18(26)22-16)9-20-17(25)21-10-15-12-27-19(28-15)7-3-1-2-4-8-19/h11,14-15H,1-10,12H2,(H2,20,21,25)(H,22,24,26). The molecule has 1 atom stereocenters. The highest BCUT2D eigenvalue weighted by molar-refractivity contribution is 5.73. The predicted octanol–water partition coefficient (Wildman–Crippen LogP) is 1.14. The van der Waals surface area contributed by atoms with Crippen molar-refractivity contribution in [2.24, 2.45) is 0 Å². The van der Waals surface area contributed by atoms with Gasteiger partial charge in [0.25, 0.3) is 5.56 Å². The fourth-order valence-corrected chi connectivity index (χ4v) is 3.97. The van der Waals surface area contributed by atoms with Crippen LogP contribution >= 0.6 is 0 Å². The van der Waals surface area contributed by atoms with Crippen molar-refractivity contribution in [2.45, 2.75) is 75.8 Å². The van der Waals surface area contributed by atoms with Gasteiger partial charge in [0.1, 0.15) is 6.10 Å². The van der Waals surface area contributed by atoms with Gasteiger partial charge in [0.2, 0.25) is 0 Å². The van der Waals surface area contributed by atoms with E-state index in [1.165, 1.54) is 17.4 Å². The number of carbonyl (C=O) groups excluding carboxylic acids is 1. The summed E-state index contributed by atoms with van der Waals surface area (Å²) in [5, 5.41) is 5.45. The normalized spacial score (nSPS) is 24.1. The van der Waals surface area contributed by atoms with Crippen LogP contribution in [0.3, 0.4) is 0 Å². The number of amides is 2. The number of aromatic nitrogens is 2. The van der Waals surface area contributed by atoms with E-state index in [1.807, 2.05) is 0 Å². The van der Waals surface area contributed by atoms with E-state index in [9.17, 15) is 14.4 Å². The number of urea groups is 1. The van der Waals surface area contributed by atoms with Crippen LogP contribution in [0.1, 0.15) is 63.0 Å². The van der Waals surface area contributed by atoms with Crippen molar-refractivity contribution in [1.29, 1.82) is 0 Å². The van der Waals surface area contributed by atoms with Gasteiger partial charge in [-0.15, -0.1) is 0 Å². The summed E-state index contributed by atoms with van der Waals surface area (Å²) < 4.78 is 13.6. The van der Waals surface area contributed by atoms with Crippen molar-refractivity contribution in [3.8, 4) is 0 Å². The molecule has 4 rings (SSSR count). The molecule has 2 aliphatic carbocycles. The molecule has 154 valence electrons. The molecule has 3 N–H and O–H groups in total. The minimum atomic E-state index is -0.469. The maximum absolute atomic E-state index is 12.1. The smallest absolute Gasteiger partial charge is 0.328 e. The molecule has 2 heterocycles. The van der Waals surface area contributed by atoms with Gasteiger partial charge in [-0.1, -0.05) is 12.8 Å². The third kappa shape index (κ3) is 4.47. The zero-order chi connectivity index (χ0) is 19.6. The first-order valence-electron chi connectivity index (χ1n) is 10.2. The summed E-state index contributed by atoms with van der Waals surface area (Å²) in [5.74, 6) is -0.469. The van der Waals surface area contributed by atoms with Gasteiger partial charge in [-0.05, 0) is 25.7 Å². The molecule has 0 aromatic carbocycles. The summed E-state index contributed by atoms with van der Waals surface area (Å²) in [6.07, 6.45) is 9.72. The SMILES string of the molecule is O=C(NCc1cn(C2CC2)c(=O)[nH]c1=O)NCC1COC2(CCCCCC2)O1.